The van der Waals surface area contributed by atoms with Crippen LogP contribution in [0.2, 0.25) is 37.4 Å². The molecule has 0 saturated carbocycles. The van der Waals surface area contributed by atoms with E-state index in [4.69, 9.17) is 4.43 Å². The van der Waals surface area contributed by atoms with Gasteiger partial charge < -0.3 is 0 Å². The SMILES string of the molecule is CCCCC(C)(/C=C/[CH2][Sn]([CH2]CCC)([CH2]CCC)[CH2]CCC)O[Si](C)(C)C. The molecule has 0 aliphatic rings. The Labute approximate surface area is 178 Å². The van der Waals surface area contributed by atoms with E-state index in [0.29, 0.717) is 0 Å². The fourth-order valence-corrected chi connectivity index (χ4v) is 21.0. The minimum absolute atomic E-state index is 0.0433. The van der Waals surface area contributed by atoms with E-state index in [0.717, 1.165) is 0 Å². The molecule has 0 bridgehead atoms. The van der Waals surface area contributed by atoms with Crippen molar-refractivity contribution in [3.8, 4) is 0 Å². The standard InChI is InChI=1S/C12H25OSi.3C4H9.Sn/c1-7-9-11-12(3,10-8-2)13-14(4,5)6;3*1-3-4-2;/h8,10H,2,7,9,11H2,1,3-6H3;3*1,3-4H2,2H3;/b10-8+;;;;. The zero-order valence-corrected chi connectivity index (χ0v) is 24.1. The molecule has 0 aliphatic carbocycles. The van der Waals surface area contributed by atoms with Crippen LogP contribution in [-0.4, -0.2) is 32.3 Å². The van der Waals surface area contributed by atoms with E-state index in [1.54, 1.807) is 13.3 Å². The van der Waals surface area contributed by atoms with Gasteiger partial charge in [-0.3, -0.25) is 0 Å². The van der Waals surface area contributed by atoms with Gasteiger partial charge in [-0.05, 0) is 0 Å². The van der Waals surface area contributed by atoms with Crippen LogP contribution >= 0.6 is 0 Å². The van der Waals surface area contributed by atoms with Gasteiger partial charge >= 0.3 is 179 Å². The van der Waals surface area contributed by atoms with Crippen LogP contribution in [0.3, 0.4) is 0 Å². The van der Waals surface area contributed by atoms with Crippen LogP contribution in [0.4, 0.5) is 0 Å². The van der Waals surface area contributed by atoms with Gasteiger partial charge in [0.2, 0.25) is 0 Å². The molecule has 0 aromatic heterocycles. The van der Waals surface area contributed by atoms with E-state index in [1.807, 2.05) is 0 Å². The van der Waals surface area contributed by atoms with E-state index in [-0.39, 0.29) is 5.60 Å². The first-order chi connectivity index (χ1) is 12.7. The Morgan fingerprint density at radius 3 is 1.59 bits per heavy atom. The second-order valence-electron chi connectivity index (χ2n) is 10.0. The second-order valence-corrected chi connectivity index (χ2v) is 28.5. The van der Waals surface area contributed by atoms with Crippen molar-refractivity contribution in [3.05, 3.63) is 12.2 Å². The molecule has 0 aromatic rings. The van der Waals surface area contributed by atoms with E-state index in [1.165, 1.54) is 62.2 Å². The van der Waals surface area contributed by atoms with Gasteiger partial charge in [0.15, 0.2) is 0 Å². The summed E-state index contributed by atoms with van der Waals surface area (Å²) in [6, 6.07) is 0. The fraction of sp³-hybridized carbons (Fsp3) is 0.917. The van der Waals surface area contributed by atoms with Crippen molar-refractivity contribution < 1.29 is 4.43 Å². The number of hydrogen-bond donors (Lipinski definition) is 0. The number of hydrogen-bond acceptors (Lipinski definition) is 1. The molecule has 0 rings (SSSR count). The molecule has 27 heavy (non-hydrogen) atoms. The predicted octanol–water partition coefficient (Wildman–Crippen LogP) is 9.19. The van der Waals surface area contributed by atoms with Crippen LogP contribution in [0.1, 0.15) is 92.4 Å². The Morgan fingerprint density at radius 1 is 0.778 bits per heavy atom. The van der Waals surface area contributed by atoms with Crippen molar-refractivity contribution in [3.63, 3.8) is 0 Å². The fourth-order valence-electron chi connectivity index (χ4n) is 4.29. The summed E-state index contributed by atoms with van der Waals surface area (Å²) < 4.78 is 12.9. The molecule has 0 fully saturated rings. The summed E-state index contributed by atoms with van der Waals surface area (Å²) in [5.41, 5.74) is -0.0433. The van der Waals surface area contributed by atoms with Gasteiger partial charge in [0.25, 0.3) is 0 Å². The summed E-state index contributed by atoms with van der Waals surface area (Å²) in [4.78, 5) is 0. The third-order valence-electron chi connectivity index (χ3n) is 5.77. The molecular weight excluding hydrogens is 451 g/mol. The summed E-state index contributed by atoms with van der Waals surface area (Å²) in [6.07, 6.45) is 17.3. The summed E-state index contributed by atoms with van der Waals surface area (Å²) in [6.45, 7) is 18.7. The van der Waals surface area contributed by atoms with Crippen LogP contribution in [-0.2, 0) is 4.43 Å². The molecule has 3 heteroatoms. The third kappa shape index (κ3) is 13.5. The van der Waals surface area contributed by atoms with Crippen molar-refractivity contribution in [2.75, 3.05) is 0 Å². The van der Waals surface area contributed by atoms with Crippen LogP contribution in [0.15, 0.2) is 12.2 Å². The molecule has 0 saturated heterocycles. The van der Waals surface area contributed by atoms with E-state index >= 15 is 0 Å². The van der Waals surface area contributed by atoms with Gasteiger partial charge in [-0.1, -0.05) is 0 Å². The summed E-state index contributed by atoms with van der Waals surface area (Å²) in [5, 5.41) is 0. The molecule has 0 aliphatic heterocycles. The van der Waals surface area contributed by atoms with Crippen LogP contribution < -0.4 is 0 Å². The molecule has 162 valence electrons. The van der Waals surface area contributed by atoms with Crippen LogP contribution in [0.25, 0.3) is 0 Å². The van der Waals surface area contributed by atoms with Gasteiger partial charge in [-0.15, -0.1) is 0 Å². The van der Waals surface area contributed by atoms with Gasteiger partial charge in [0.05, 0.1) is 0 Å². The Hall–Kier alpha value is 0.716. The van der Waals surface area contributed by atoms with E-state index < -0.39 is 26.7 Å². The molecule has 0 radical (unpaired) electrons. The van der Waals surface area contributed by atoms with Crippen molar-refractivity contribution >= 4 is 26.7 Å². The minimum atomic E-state index is -2.05. The summed E-state index contributed by atoms with van der Waals surface area (Å²) in [5.74, 6) is 0. The quantitative estimate of drug-likeness (QED) is 0.142. The van der Waals surface area contributed by atoms with Crippen LogP contribution in [0, 0.1) is 0 Å². The Bertz CT molecular complexity index is 367. The van der Waals surface area contributed by atoms with Gasteiger partial charge in [-0.25, -0.2) is 0 Å². The normalized spacial score (nSPS) is 15.4. The number of allylic oxidation sites excluding steroid dienone is 1. The number of unbranched alkanes of at least 4 members (excludes halogenated alkanes) is 4. The molecule has 1 atom stereocenters. The van der Waals surface area contributed by atoms with Gasteiger partial charge in [0.1, 0.15) is 0 Å². The average Bonchev–Trinajstić information content (AvgIpc) is 2.59. The summed E-state index contributed by atoms with van der Waals surface area (Å²) >= 11 is -2.05. The molecule has 0 aromatic carbocycles. The second kappa shape index (κ2) is 14.7. The number of rotatable bonds is 17. The van der Waals surface area contributed by atoms with Crippen molar-refractivity contribution in [2.24, 2.45) is 0 Å². The molecule has 1 nitrogen and oxygen atoms in total. The van der Waals surface area contributed by atoms with Gasteiger partial charge in [0, 0.05) is 0 Å². The first-order valence-corrected chi connectivity index (χ1v) is 23.5. The van der Waals surface area contributed by atoms with Crippen LogP contribution in [0.5, 0.6) is 0 Å². The molecular formula is C24H52OSiSn. The zero-order chi connectivity index (χ0) is 20.8. The monoisotopic (exact) mass is 504 g/mol. The Morgan fingerprint density at radius 2 is 1.22 bits per heavy atom. The zero-order valence-electron chi connectivity index (χ0n) is 20.3. The molecule has 1 unspecified atom stereocenters. The molecule has 0 N–H and O–H groups in total. The van der Waals surface area contributed by atoms with Gasteiger partial charge in [-0.2, -0.15) is 0 Å². The van der Waals surface area contributed by atoms with Crippen molar-refractivity contribution in [2.45, 2.75) is 135 Å². The maximum absolute atomic E-state index is 6.66. The first-order valence-electron chi connectivity index (χ1n) is 12.0. The van der Waals surface area contributed by atoms with Crippen molar-refractivity contribution in [1.82, 2.24) is 0 Å². The van der Waals surface area contributed by atoms with Crippen molar-refractivity contribution in [1.29, 1.82) is 0 Å². The average molecular weight is 503 g/mol. The third-order valence-corrected chi connectivity index (χ3v) is 22.1. The molecule has 0 spiro atoms. The van der Waals surface area contributed by atoms with E-state index in [9.17, 15) is 0 Å². The van der Waals surface area contributed by atoms with E-state index in [2.05, 4.69) is 66.4 Å². The topological polar surface area (TPSA) is 9.23 Å². The first kappa shape index (κ1) is 27.7. The Kier molecular flexibility index (Phi) is 15.0. The Balaban J connectivity index is 5.31. The predicted molar refractivity (Wildman–Crippen MR) is 131 cm³/mol. The summed E-state index contributed by atoms with van der Waals surface area (Å²) in [7, 11) is -1.54. The molecule has 0 heterocycles. The maximum atomic E-state index is 6.66. The molecule has 0 amide bonds.